The molecule has 0 bridgehead atoms. The van der Waals surface area contributed by atoms with Gasteiger partial charge in [-0.2, -0.15) is 18.4 Å². The number of halogens is 4. The molecule has 3 rings (SSSR count). The van der Waals surface area contributed by atoms with Crippen LogP contribution in [0.5, 0.6) is 5.75 Å². The van der Waals surface area contributed by atoms with Crippen LogP contribution in [0.1, 0.15) is 49.1 Å². The van der Waals surface area contributed by atoms with Crippen LogP contribution in [0.15, 0.2) is 66.9 Å². The molecule has 0 aliphatic heterocycles. The number of nitrogens with one attached hydrogen (secondary N) is 1. The summed E-state index contributed by atoms with van der Waals surface area (Å²) in [7, 11) is 0. The van der Waals surface area contributed by atoms with Crippen LogP contribution in [0.4, 0.5) is 13.2 Å². The van der Waals surface area contributed by atoms with E-state index < -0.39 is 29.4 Å². The van der Waals surface area contributed by atoms with Crippen LogP contribution in [0.25, 0.3) is 0 Å². The fourth-order valence-corrected chi connectivity index (χ4v) is 3.87. The minimum absolute atomic E-state index is 0.121. The van der Waals surface area contributed by atoms with Crippen molar-refractivity contribution in [2.45, 2.75) is 50.9 Å². The van der Waals surface area contributed by atoms with E-state index in [1.54, 1.807) is 30.3 Å². The molecule has 3 aromatic rings. The maximum absolute atomic E-state index is 13.2. The third-order valence-corrected chi connectivity index (χ3v) is 5.97. The summed E-state index contributed by atoms with van der Waals surface area (Å²) in [5.74, 6) is -0.834. The van der Waals surface area contributed by atoms with Gasteiger partial charge in [-0.3, -0.25) is 9.78 Å². The number of ether oxygens (including phenoxy) is 1. The van der Waals surface area contributed by atoms with E-state index in [2.05, 4.69) is 16.4 Å². The van der Waals surface area contributed by atoms with Gasteiger partial charge in [0.05, 0.1) is 11.6 Å². The number of carbonyl (C=O) groups excluding carboxylic acids is 1. The summed E-state index contributed by atoms with van der Waals surface area (Å²) < 4.78 is 44.7. The Hall–Kier alpha value is -3.57. The van der Waals surface area contributed by atoms with Crippen LogP contribution in [-0.2, 0) is 17.4 Å². The largest absolute Gasteiger partial charge is 0.478 e. The second-order valence-electron chi connectivity index (χ2n) is 8.92. The van der Waals surface area contributed by atoms with Gasteiger partial charge in [-0.05, 0) is 68.7 Å². The molecule has 2 aromatic carbocycles. The molecule has 5 nitrogen and oxygen atoms in total. The van der Waals surface area contributed by atoms with Gasteiger partial charge >= 0.3 is 6.18 Å². The molecule has 0 aliphatic rings. The normalized spacial score (nSPS) is 13.4. The van der Waals surface area contributed by atoms with Gasteiger partial charge in [0.25, 0.3) is 5.91 Å². The zero-order chi connectivity index (χ0) is 26.5. The second-order valence-corrected chi connectivity index (χ2v) is 9.36. The van der Waals surface area contributed by atoms with Crippen molar-refractivity contribution in [2.75, 3.05) is 0 Å². The molecule has 0 saturated heterocycles. The van der Waals surface area contributed by atoms with E-state index in [4.69, 9.17) is 16.3 Å². The summed E-state index contributed by atoms with van der Waals surface area (Å²) in [5.41, 5.74) is -0.240. The number of alkyl halides is 3. The zero-order valence-electron chi connectivity index (χ0n) is 19.9. The van der Waals surface area contributed by atoms with Crippen molar-refractivity contribution in [3.8, 4) is 11.8 Å². The lowest BCUT2D eigenvalue weighted by molar-refractivity contribution is -0.141. The van der Waals surface area contributed by atoms with Gasteiger partial charge < -0.3 is 10.1 Å². The lowest BCUT2D eigenvalue weighted by atomic mass is 9.85. The molecule has 0 radical (unpaired) electrons. The van der Waals surface area contributed by atoms with E-state index in [1.807, 2.05) is 25.1 Å². The quantitative estimate of drug-likeness (QED) is 0.381. The summed E-state index contributed by atoms with van der Waals surface area (Å²) in [6.45, 7) is 4.79. The number of benzene rings is 2. The van der Waals surface area contributed by atoms with Gasteiger partial charge in [0, 0.05) is 29.2 Å². The van der Waals surface area contributed by atoms with Gasteiger partial charge in [0.15, 0.2) is 5.60 Å². The van der Waals surface area contributed by atoms with Gasteiger partial charge in [-0.15, -0.1) is 0 Å². The van der Waals surface area contributed by atoms with Gasteiger partial charge in [0.1, 0.15) is 11.4 Å². The number of amides is 1. The van der Waals surface area contributed by atoms with Crippen LogP contribution >= 0.6 is 11.6 Å². The summed E-state index contributed by atoms with van der Waals surface area (Å²) in [4.78, 5) is 16.5. The molecule has 1 heterocycles. The number of nitriles is 1. The highest BCUT2D eigenvalue weighted by atomic mass is 35.5. The Balaban J connectivity index is 1.82. The Labute approximate surface area is 212 Å². The third kappa shape index (κ3) is 6.98. The Morgan fingerprint density at radius 1 is 1.14 bits per heavy atom. The van der Waals surface area contributed by atoms with Gasteiger partial charge in [-0.25, -0.2) is 0 Å². The molecular formula is C27H25ClF3N3O2. The predicted octanol–water partition coefficient (Wildman–Crippen LogP) is 6.31. The van der Waals surface area contributed by atoms with E-state index in [0.29, 0.717) is 17.0 Å². The smallest absolute Gasteiger partial charge is 0.433 e. The molecule has 36 heavy (non-hydrogen) atoms. The summed E-state index contributed by atoms with van der Waals surface area (Å²) in [6.07, 6.45) is -3.10. The lowest BCUT2D eigenvalue weighted by Gasteiger charge is -2.31. The minimum Gasteiger partial charge on any atom is -0.478 e. The average Bonchev–Trinajstić information content (AvgIpc) is 2.83. The first kappa shape index (κ1) is 27.0. The molecule has 188 valence electrons. The Kier molecular flexibility index (Phi) is 8.26. The third-order valence-electron chi connectivity index (χ3n) is 5.72. The predicted molar refractivity (Wildman–Crippen MR) is 131 cm³/mol. The van der Waals surface area contributed by atoms with Crippen molar-refractivity contribution in [3.63, 3.8) is 0 Å². The maximum atomic E-state index is 13.2. The number of hydrogen-bond donors (Lipinski definition) is 1. The maximum Gasteiger partial charge on any atom is 0.433 e. The average molecular weight is 516 g/mol. The highest BCUT2D eigenvalue weighted by Crippen LogP contribution is 2.31. The van der Waals surface area contributed by atoms with E-state index in [-0.39, 0.29) is 11.7 Å². The first-order valence-corrected chi connectivity index (χ1v) is 11.5. The van der Waals surface area contributed by atoms with Crippen molar-refractivity contribution in [1.82, 2.24) is 10.3 Å². The molecule has 0 fully saturated rings. The molecule has 1 N–H and O–H groups in total. The highest BCUT2D eigenvalue weighted by Gasteiger charge is 2.35. The van der Waals surface area contributed by atoms with Crippen LogP contribution in [-0.4, -0.2) is 22.5 Å². The molecule has 0 saturated carbocycles. The van der Waals surface area contributed by atoms with E-state index in [1.165, 1.54) is 19.9 Å². The van der Waals surface area contributed by atoms with Crippen LogP contribution < -0.4 is 10.1 Å². The Morgan fingerprint density at radius 2 is 1.83 bits per heavy atom. The summed E-state index contributed by atoms with van der Waals surface area (Å²) in [5, 5.41) is 12.9. The molecular weight excluding hydrogens is 491 g/mol. The SMILES string of the molecule is CC(NC(=O)C(C)(C)Oc1ccnc(C(F)(F)F)c1)C(Cc1ccc(Cl)cc1)c1cccc(C#N)c1. The monoisotopic (exact) mass is 515 g/mol. The molecule has 1 aromatic heterocycles. The molecule has 0 aliphatic carbocycles. The number of rotatable bonds is 8. The lowest BCUT2D eigenvalue weighted by Crippen LogP contribution is -2.51. The second kappa shape index (κ2) is 11.0. The summed E-state index contributed by atoms with van der Waals surface area (Å²) >= 11 is 6.01. The van der Waals surface area contributed by atoms with E-state index in [9.17, 15) is 23.2 Å². The zero-order valence-corrected chi connectivity index (χ0v) is 20.7. The molecule has 2 unspecified atom stereocenters. The van der Waals surface area contributed by atoms with Crippen LogP contribution in [0.2, 0.25) is 5.02 Å². The number of hydrogen-bond acceptors (Lipinski definition) is 4. The standard InChI is InChI=1S/C27H25ClF3N3O2/c1-17(34-25(35)26(2,3)36-22-11-12-33-24(15-22)27(29,30)31)23(14-18-7-9-21(28)10-8-18)20-6-4-5-19(13-20)16-32/h4-13,15,17,23H,14H2,1-3H3,(H,34,35). The summed E-state index contributed by atoms with van der Waals surface area (Å²) in [6, 6.07) is 18.3. The number of aromatic nitrogens is 1. The fraction of sp³-hybridized carbons (Fsp3) is 0.296. The molecule has 1 amide bonds. The molecule has 2 atom stereocenters. The van der Waals surface area contributed by atoms with Crippen LogP contribution in [0, 0.1) is 11.3 Å². The van der Waals surface area contributed by atoms with Crippen molar-refractivity contribution in [3.05, 3.63) is 94.3 Å². The van der Waals surface area contributed by atoms with E-state index >= 15 is 0 Å². The first-order chi connectivity index (χ1) is 16.9. The van der Waals surface area contributed by atoms with Gasteiger partial charge in [-0.1, -0.05) is 35.9 Å². The minimum atomic E-state index is -4.63. The number of carbonyl (C=O) groups is 1. The van der Waals surface area contributed by atoms with Crippen molar-refractivity contribution in [1.29, 1.82) is 5.26 Å². The van der Waals surface area contributed by atoms with Crippen molar-refractivity contribution in [2.24, 2.45) is 0 Å². The Bertz CT molecular complexity index is 1250. The molecule has 9 heteroatoms. The molecule has 0 spiro atoms. The van der Waals surface area contributed by atoms with Crippen molar-refractivity contribution >= 4 is 17.5 Å². The van der Waals surface area contributed by atoms with Crippen molar-refractivity contribution < 1.29 is 22.7 Å². The fourth-order valence-electron chi connectivity index (χ4n) is 3.75. The van der Waals surface area contributed by atoms with Crippen LogP contribution in [0.3, 0.4) is 0 Å². The Morgan fingerprint density at radius 3 is 2.47 bits per heavy atom. The first-order valence-electron chi connectivity index (χ1n) is 11.2. The number of nitrogens with zero attached hydrogens (tertiary/aromatic N) is 2. The van der Waals surface area contributed by atoms with E-state index in [0.717, 1.165) is 23.4 Å². The topological polar surface area (TPSA) is 75.0 Å². The highest BCUT2D eigenvalue weighted by molar-refractivity contribution is 6.30. The number of pyridine rings is 1. The van der Waals surface area contributed by atoms with Gasteiger partial charge in [0.2, 0.25) is 0 Å².